The van der Waals surface area contributed by atoms with Crippen molar-refractivity contribution in [2.24, 2.45) is 0 Å². The lowest BCUT2D eigenvalue weighted by atomic mass is 9.98. The minimum atomic E-state index is 0.160. The molecule has 2 heterocycles. The minimum Gasteiger partial charge on any atom is -0.456 e. The second kappa shape index (κ2) is 6.65. The van der Waals surface area contributed by atoms with Crippen LogP contribution >= 0.6 is 11.6 Å². The molecule has 0 aliphatic rings. The fourth-order valence-electron chi connectivity index (χ4n) is 3.96. The van der Waals surface area contributed by atoms with Gasteiger partial charge in [-0.05, 0) is 34.5 Å². The molecular weight excluding hydrogens is 394 g/mol. The number of furan rings is 1. The van der Waals surface area contributed by atoms with E-state index in [-0.39, 0.29) is 5.28 Å². The number of nitrogens with zero attached hydrogens (tertiary/aromatic N) is 3. The van der Waals surface area contributed by atoms with Crippen molar-refractivity contribution < 1.29 is 4.42 Å². The normalized spacial score (nSPS) is 11.5. The van der Waals surface area contributed by atoms with Crippen LogP contribution in [0.25, 0.3) is 55.5 Å². The van der Waals surface area contributed by atoms with Crippen LogP contribution in [0.2, 0.25) is 5.28 Å². The number of rotatable bonds is 2. The third kappa shape index (κ3) is 2.65. The average molecular weight is 408 g/mol. The van der Waals surface area contributed by atoms with E-state index in [9.17, 15) is 0 Å². The molecule has 5 heteroatoms. The Labute approximate surface area is 176 Å². The van der Waals surface area contributed by atoms with Gasteiger partial charge in [0, 0.05) is 21.9 Å². The Kier molecular flexibility index (Phi) is 3.79. The van der Waals surface area contributed by atoms with Crippen molar-refractivity contribution in [1.29, 1.82) is 0 Å². The van der Waals surface area contributed by atoms with Gasteiger partial charge in [0.25, 0.3) is 0 Å². The molecule has 0 spiro atoms. The highest BCUT2D eigenvalue weighted by atomic mass is 35.5. The first kappa shape index (κ1) is 17.1. The molecule has 6 rings (SSSR count). The van der Waals surface area contributed by atoms with E-state index in [4.69, 9.17) is 21.0 Å². The van der Waals surface area contributed by atoms with Gasteiger partial charge >= 0.3 is 0 Å². The Bertz CT molecular complexity index is 1560. The van der Waals surface area contributed by atoms with Crippen molar-refractivity contribution in [1.82, 2.24) is 15.0 Å². The zero-order chi connectivity index (χ0) is 20.1. The van der Waals surface area contributed by atoms with E-state index >= 15 is 0 Å². The van der Waals surface area contributed by atoms with Gasteiger partial charge in [-0.15, -0.1) is 0 Å². The van der Waals surface area contributed by atoms with Crippen LogP contribution in [0.3, 0.4) is 0 Å². The third-order valence-corrected chi connectivity index (χ3v) is 5.42. The lowest BCUT2D eigenvalue weighted by molar-refractivity contribution is 0.669. The van der Waals surface area contributed by atoms with Crippen LogP contribution in [0.4, 0.5) is 0 Å². The van der Waals surface area contributed by atoms with Gasteiger partial charge in [-0.2, -0.15) is 9.97 Å². The lowest BCUT2D eigenvalue weighted by Crippen LogP contribution is -1.98. The highest BCUT2D eigenvalue weighted by Gasteiger charge is 2.19. The molecule has 0 aliphatic carbocycles. The van der Waals surface area contributed by atoms with E-state index in [0.717, 1.165) is 43.8 Å². The van der Waals surface area contributed by atoms with E-state index < -0.39 is 0 Å². The zero-order valence-corrected chi connectivity index (χ0v) is 16.5. The molecule has 0 fully saturated rings. The molecular formula is C25H14ClN3O. The van der Waals surface area contributed by atoms with Crippen molar-refractivity contribution in [2.45, 2.75) is 0 Å². The molecule has 0 atom stereocenters. The van der Waals surface area contributed by atoms with Gasteiger partial charge in [-0.25, -0.2) is 4.98 Å². The number of hydrogen-bond acceptors (Lipinski definition) is 4. The predicted molar refractivity (Wildman–Crippen MR) is 120 cm³/mol. The summed E-state index contributed by atoms with van der Waals surface area (Å²) >= 11 is 6.36. The lowest BCUT2D eigenvalue weighted by Gasteiger charge is -2.09. The number of hydrogen-bond donors (Lipinski definition) is 0. The summed E-state index contributed by atoms with van der Waals surface area (Å²) in [7, 11) is 0. The van der Waals surface area contributed by atoms with Crippen molar-refractivity contribution in [3.8, 4) is 22.8 Å². The molecule has 0 radical (unpaired) electrons. The SMILES string of the molecule is Clc1nc(-c2ccccc2)nc(-c2c3ccccc3cc3oc4ccccc4c23)n1. The summed E-state index contributed by atoms with van der Waals surface area (Å²) in [6, 6.07) is 28.0. The number of halogens is 1. The topological polar surface area (TPSA) is 51.8 Å². The van der Waals surface area contributed by atoms with E-state index in [1.165, 1.54) is 0 Å². The molecule has 6 aromatic rings. The number of para-hydroxylation sites is 1. The van der Waals surface area contributed by atoms with Crippen LogP contribution in [0.1, 0.15) is 0 Å². The number of benzene rings is 4. The highest BCUT2D eigenvalue weighted by molar-refractivity contribution is 6.28. The molecule has 4 nitrogen and oxygen atoms in total. The maximum Gasteiger partial charge on any atom is 0.226 e. The van der Waals surface area contributed by atoms with E-state index in [1.807, 2.05) is 60.7 Å². The molecule has 30 heavy (non-hydrogen) atoms. The van der Waals surface area contributed by atoms with Gasteiger partial charge in [0.2, 0.25) is 5.28 Å². The van der Waals surface area contributed by atoms with E-state index in [2.05, 4.69) is 34.2 Å². The first-order valence-electron chi connectivity index (χ1n) is 9.58. The van der Waals surface area contributed by atoms with Crippen LogP contribution in [-0.2, 0) is 0 Å². The molecule has 0 amide bonds. The molecule has 142 valence electrons. The third-order valence-electron chi connectivity index (χ3n) is 5.25. The van der Waals surface area contributed by atoms with Gasteiger partial charge in [-0.1, -0.05) is 72.8 Å². The van der Waals surface area contributed by atoms with Gasteiger partial charge in [0.1, 0.15) is 11.2 Å². The first-order valence-corrected chi connectivity index (χ1v) is 9.96. The fraction of sp³-hybridized carbons (Fsp3) is 0. The Morgan fingerprint density at radius 2 is 1.33 bits per heavy atom. The summed E-state index contributed by atoms with van der Waals surface area (Å²) in [5.74, 6) is 1.07. The second-order valence-corrected chi connectivity index (χ2v) is 7.40. The van der Waals surface area contributed by atoms with Crippen LogP contribution in [0.15, 0.2) is 89.3 Å². The van der Waals surface area contributed by atoms with Crippen molar-refractivity contribution in [3.05, 3.63) is 90.2 Å². The Morgan fingerprint density at radius 3 is 2.20 bits per heavy atom. The predicted octanol–water partition coefficient (Wildman–Crippen LogP) is 6.91. The number of aromatic nitrogens is 3. The number of fused-ring (bicyclic) bond motifs is 4. The van der Waals surface area contributed by atoms with Crippen molar-refractivity contribution in [3.63, 3.8) is 0 Å². The van der Waals surface area contributed by atoms with Gasteiger partial charge in [0.15, 0.2) is 11.6 Å². The van der Waals surface area contributed by atoms with Crippen LogP contribution in [-0.4, -0.2) is 15.0 Å². The highest BCUT2D eigenvalue weighted by Crippen LogP contribution is 2.40. The molecule has 0 bridgehead atoms. The summed E-state index contributed by atoms with van der Waals surface area (Å²) < 4.78 is 6.16. The second-order valence-electron chi connectivity index (χ2n) is 7.06. The average Bonchev–Trinajstić information content (AvgIpc) is 3.15. The zero-order valence-electron chi connectivity index (χ0n) is 15.7. The quantitative estimate of drug-likeness (QED) is 0.313. The van der Waals surface area contributed by atoms with E-state index in [1.54, 1.807) is 0 Å². The van der Waals surface area contributed by atoms with Crippen molar-refractivity contribution in [2.75, 3.05) is 0 Å². The summed E-state index contributed by atoms with van der Waals surface area (Å²) in [5.41, 5.74) is 3.40. The Morgan fingerprint density at radius 1 is 0.633 bits per heavy atom. The summed E-state index contributed by atoms with van der Waals surface area (Å²) in [5, 5.41) is 4.25. The fourth-order valence-corrected chi connectivity index (χ4v) is 4.12. The maximum atomic E-state index is 6.36. The van der Waals surface area contributed by atoms with Crippen LogP contribution < -0.4 is 0 Å². The Balaban J connectivity index is 1.76. The monoisotopic (exact) mass is 407 g/mol. The minimum absolute atomic E-state index is 0.160. The molecule has 4 aromatic carbocycles. The molecule has 0 N–H and O–H groups in total. The van der Waals surface area contributed by atoms with Gasteiger partial charge in [0.05, 0.1) is 0 Å². The molecule has 0 unspecified atom stereocenters. The smallest absolute Gasteiger partial charge is 0.226 e. The summed E-state index contributed by atoms with van der Waals surface area (Å²) in [4.78, 5) is 13.7. The Hall–Kier alpha value is -3.76. The molecule has 0 aliphatic heterocycles. The first-order chi connectivity index (χ1) is 14.8. The van der Waals surface area contributed by atoms with Gasteiger partial charge in [-0.3, -0.25) is 0 Å². The molecule has 0 saturated carbocycles. The molecule has 0 saturated heterocycles. The summed E-state index contributed by atoms with van der Waals surface area (Å²) in [6.07, 6.45) is 0. The van der Waals surface area contributed by atoms with Gasteiger partial charge < -0.3 is 4.42 Å². The van der Waals surface area contributed by atoms with Crippen LogP contribution in [0, 0.1) is 0 Å². The van der Waals surface area contributed by atoms with E-state index in [0.29, 0.717) is 11.6 Å². The van der Waals surface area contributed by atoms with Crippen LogP contribution in [0.5, 0.6) is 0 Å². The standard InChI is InChI=1S/C25H14ClN3O/c26-25-28-23(15-8-2-1-3-9-15)27-24(29-25)22-17-11-5-4-10-16(17)14-20-21(22)18-12-6-7-13-19(18)30-20/h1-14H. The largest absolute Gasteiger partial charge is 0.456 e. The maximum absolute atomic E-state index is 6.36. The summed E-state index contributed by atoms with van der Waals surface area (Å²) in [6.45, 7) is 0. The molecule has 2 aromatic heterocycles. The van der Waals surface area contributed by atoms with Crippen molar-refractivity contribution >= 4 is 44.3 Å².